The third-order valence-electron chi connectivity index (χ3n) is 3.31. The second kappa shape index (κ2) is 10.4. The molecule has 0 saturated carbocycles. The summed E-state index contributed by atoms with van der Waals surface area (Å²) in [5.41, 5.74) is 1.08. The summed E-state index contributed by atoms with van der Waals surface area (Å²) in [5.74, 6) is 0.866. The van der Waals surface area contributed by atoms with E-state index in [0.717, 1.165) is 36.6 Å². The molecule has 7 heteroatoms. The second-order valence-electron chi connectivity index (χ2n) is 4.86. The van der Waals surface area contributed by atoms with Crippen molar-refractivity contribution < 1.29 is 4.79 Å². The number of hydrogen-bond acceptors (Lipinski definition) is 4. The molecule has 0 aromatic carbocycles. The number of aryl methyl sites for hydroxylation is 1. The van der Waals surface area contributed by atoms with E-state index in [0.29, 0.717) is 18.9 Å². The van der Waals surface area contributed by atoms with Crippen molar-refractivity contribution in [1.82, 2.24) is 15.6 Å². The third kappa shape index (κ3) is 6.88. The summed E-state index contributed by atoms with van der Waals surface area (Å²) in [7, 11) is 0. The van der Waals surface area contributed by atoms with Crippen LogP contribution in [0.15, 0.2) is 5.38 Å². The van der Waals surface area contributed by atoms with Gasteiger partial charge in [-0.2, -0.15) is 0 Å². The van der Waals surface area contributed by atoms with Gasteiger partial charge in [-0.25, -0.2) is 4.98 Å². The summed E-state index contributed by atoms with van der Waals surface area (Å²) in [6.07, 6.45) is 3.71. The lowest BCUT2D eigenvalue weighted by molar-refractivity contribution is -0.121. The largest absolute Gasteiger partial charge is 0.356 e. The summed E-state index contributed by atoms with van der Waals surface area (Å²) in [5, 5.41) is 9.44. The van der Waals surface area contributed by atoms with E-state index in [2.05, 4.69) is 21.0 Å². The minimum atomic E-state index is 0. The van der Waals surface area contributed by atoms with Crippen LogP contribution in [0, 0.1) is 12.8 Å². The maximum absolute atomic E-state index is 11.6. The smallest absolute Gasteiger partial charge is 0.220 e. The van der Waals surface area contributed by atoms with Gasteiger partial charge in [-0.3, -0.25) is 4.79 Å². The maximum atomic E-state index is 11.6. The van der Waals surface area contributed by atoms with Gasteiger partial charge in [0.1, 0.15) is 0 Å². The normalized spacial score (nSPS) is 17.1. The lowest BCUT2D eigenvalue weighted by Gasteiger charge is -2.08. The lowest BCUT2D eigenvalue weighted by atomic mass is 10.0. The van der Waals surface area contributed by atoms with Gasteiger partial charge in [0.2, 0.25) is 5.91 Å². The average molecular weight is 340 g/mol. The van der Waals surface area contributed by atoms with Crippen LogP contribution in [0.3, 0.4) is 0 Å². The molecule has 2 N–H and O–H groups in total. The summed E-state index contributed by atoms with van der Waals surface area (Å²) in [6.45, 7) is 4.88. The van der Waals surface area contributed by atoms with Gasteiger partial charge in [-0.1, -0.05) is 0 Å². The second-order valence-corrected chi connectivity index (χ2v) is 5.92. The Kier molecular flexibility index (Phi) is 10.2. The molecule has 0 spiro atoms. The molecule has 0 bridgehead atoms. The van der Waals surface area contributed by atoms with E-state index >= 15 is 0 Å². The van der Waals surface area contributed by atoms with Crippen LogP contribution in [-0.2, 0) is 11.2 Å². The number of amides is 1. The zero-order valence-corrected chi connectivity index (χ0v) is 14.1. The van der Waals surface area contributed by atoms with Crippen LogP contribution in [0.4, 0.5) is 0 Å². The SMILES string of the molecule is Cc1nc(CCNC(=O)CCC2CCNC2)cs1.Cl.Cl. The number of halogens is 2. The van der Waals surface area contributed by atoms with Crippen molar-refractivity contribution in [3.63, 3.8) is 0 Å². The third-order valence-corrected chi connectivity index (χ3v) is 4.13. The Hall–Kier alpha value is -0.360. The molecule has 2 rings (SSSR count). The van der Waals surface area contributed by atoms with Crippen molar-refractivity contribution in [3.8, 4) is 0 Å². The summed E-state index contributed by atoms with van der Waals surface area (Å²) in [4.78, 5) is 16.0. The molecular formula is C13H23Cl2N3OS. The molecule has 1 aromatic rings. The zero-order valence-electron chi connectivity index (χ0n) is 11.7. The van der Waals surface area contributed by atoms with Crippen LogP contribution in [0.1, 0.15) is 30.0 Å². The first-order chi connectivity index (χ1) is 8.74. The molecule has 1 saturated heterocycles. The molecule has 20 heavy (non-hydrogen) atoms. The van der Waals surface area contributed by atoms with Crippen LogP contribution >= 0.6 is 36.2 Å². The molecule has 0 aliphatic carbocycles. The van der Waals surface area contributed by atoms with Crippen molar-refractivity contribution in [3.05, 3.63) is 16.1 Å². The van der Waals surface area contributed by atoms with Crippen LogP contribution < -0.4 is 10.6 Å². The van der Waals surface area contributed by atoms with Crippen molar-refractivity contribution in [2.24, 2.45) is 5.92 Å². The van der Waals surface area contributed by atoms with E-state index in [4.69, 9.17) is 0 Å². The van der Waals surface area contributed by atoms with Gasteiger partial charge in [0.25, 0.3) is 0 Å². The highest BCUT2D eigenvalue weighted by Crippen LogP contribution is 2.14. The van der Waals surface area contributed by atoms with E-state index in [9.17, 15) is 4.79 Å². The zero-order chi connectivity index (χ0) is 12.8. The van der Waals surface area contributed by atoms with Gasteiger partial charge in [0.15, 0.2) is 0 Å². The monoisotopic (exact) mass is 339 g/mol. The molecule has 4 nitrogen and oxygen atoms in total. The number of aromatic nitrogens is 1. The molecule has 1 unspecified atom stereocenters. The Morgan fingerprint density at radius 3 is 2.95 bits per heavy atom. The Bertz CT molecular complexity index is 395. The quantitative estimate of drug-likeness (QED) is 0.836. The molecule has 2 heterocycles. The van der Waals surface area contributed by atoms with Crippen molar-refractivity contribution in [2.45, 2.75) is 32.6 Å². The number of hydrogen-bond donors (Lipinski definition) is 2. The van der Waals surface area contributed by atoms with Gasteiger partial charge in [-0.15, -0.1) is 36.2 Å². The van der Waals surface area contributed by atoms with Gasteiger partial charge in [0, 0.05) is 24.8 Å². The number of carbonyl (C=O) groups excluding carboxylic acids is 1. The van der Waals surface area contributed by atoms with E-state index in [1.807, 2.05) is 6.92 Å². The Morgan fingerprint density at radius 1 is 1.55 bits per heavy atom. The fourth-order valence-corrected chi connectivity index (χ4v) is 2.88. The highest BCUT2D eigenvalue weighted by Gasteiger charge is 2.15. The Balaban J connectivity index is 0.00000180. The minimum absolute atomic E-state index is 0. The van der Waals surface area contributed by atoms with Crippen molar-refractivity contribution in [2.75, 3.05) is 19.6 Å². The molecule has 0 radical (unpaired) electrons. The van der Waals surface area contributed by atoms with Gasteiger partial charge < -0.3 is 10.6 Å². The first-order valence-electron chi connectivity index (χ1n) is 6.62. The minimum Gasteiger partial charge on any atom is -0.356 e. The fraction of sp³-hybridized carbons (Fsp3) is 0.692. The number of nitrogens with one attached hydrogen (secondary N) is 2. The predicted molar refractivity (Wildman–Crippen MR) is 88.3 cm³/mol. The summed E-state index contributed by atoms with van der Waals surface area (Å²) < 4.78 is 0. The lowest BCUT2D eigenvalue weighted by Crippen LogP contribution is -2.26. The first-order valence-corrected chi connectivity index (χ1v) is 7.50. The molecule has 1 aromatic heterocycles. The summed E-state index contributed by atoms with van der Waals surface area (Å²) in [6, 6.07) is 0. The highest BCUT2D eigenvalue weighted by molar-refractivity contribution is 7.09. The van der Waals surface area contributed by atoms with Crippen LogP contribution in [-0.4, -0.2) is 30.5 Å². The maximum Gasteiger partial charge on any atom is 0.220 e. The van der Waals surface area contributed by atoms with E-state index in [1.165, 1.54) is 6.42 Å². The number of nitrogens with zero attached hydrogens (tertiary/aromatic N) is 1. The molecule has 1 fully saturated rings. The molecule has 116 valence electrons. The predicted octanol–water partition coefficient (Wildman–Crippen LogP) is 2.34. The average Bonchev–Trinajstić information content (AvgIpc) is 2.98. The topological polar surface area (TPSA) is 54.0 Å². The molecular weight excluding hydrogens is 317 g/mol. The molecule has 1 aliphatic rings. The van der Waals surface area contributed by atoms with E-state index in [-0.39, 0.29) is 30.7 Å². The number of thiazole rings is 1. The summed E-state index contributed by atoms with van der Waals surface area (Å²) >= 11 is 1.66. The highest BCUT2D eigenvalue weighted by atomic mass is 35.5. The van der Waals surface area contributed by atoms with E-state index < -0.39 is 0 Å². The standard InChI is InChI=1S/C13H21N3OS.2ClH/c1-10-16-12(9-18-10)5-7-15-13(17)3-2-11-4-6-14-8-11;;/h9,11,14H,2-8H2,1H3,(H,15,17);2*1H. The molecule has 1 amide bonds. The van der Waals surface area contributed by atoms with Crippen molar-refractivity contribution in [1.29, 1.82) is 0 Å². The van der Waals surface area contributed by atoms with Gasteiger partial charge >= 0.3 is 0 Å². The van der Waals surface area contributed by atoms with Gasteiger partial charge in [0.05, 0.1) is 10.7 Å². The number of carbonyl (C=O) groups is 1. The first kappa shape index (κ1) is 19.6. The van der Waals surface area contributed by atoms with Crippen LogP contribution in [0.2, 0.25) is 0 Å². The van der Waals surface area contributed by atoms with Gasteiger partial charge in [-0.05, 0) is 38.8 Å². The molecule has 1 atom stereocenters. The molecule has 1 aliphatic heterocycles. The Labute approximate surface area is 137 Å². The van der Waals surface area contributed by atoms with Crippen LogP contribution in [0.5, 0.6) is 0 Å². The Morgan fingerprint density at radius 2 is 2.35 bits per heavy atom. The van der Waals surface area contributed by atoms with E-state index in [1.54, 1.807) is 11.3 Å². The number of rotatable bonds is 6. The van der Waals surface area contributed by atoms with Crippen molar-refractivity contribution >= 4 is 42.1 Å². The fourth-order valence-electron chi connectivity index (χ4n) is 2.24. The van der Waals surface area contributed by atoms with Crippen LogP contribution in [0.25, 0.3) is 0 Å².